The van der Waals surface area contributed by atoms with Gasteiger partial charge in [-0.25, -0.2) is 19.3 Å². The maximum atomic E-state index is 14.6. The van der Waals surface area contributed by atoms with Gasteiger partial charge in [-0.05, 0) is 0 Å². The summed E-state index contributed by atoms with van der Waals surface area (Å²) in [4.78, 5) is 28.4. The second-order valence-corrected chi connectivity index (χ2v) is 5.35. The summed E-state index contributed by atoms with van der Waals surface area (Å²) in [7, 11) is 0. The maximum Gasteiger partial charge on any atom is 0.216 e. The molecule has 0 saturated carbocycles. The maximum absolute atomic E-state index is 14.6. The second-order valence-electron chi connectivity index (χ2n) is 5.35. The SMILES string of the molecule is CC(=O)NCC1(F)CCN(c2ncnc3nc[nH]c23)CC1. The Kier molecular flexibility index (Phi) is 3.44. The number of alkyl halides is 1. The average Bonchev–Trinajstić information content (AvgIpc) is 2.95. The van der Waals surface area contributed by atoms with E-state index in [0.29, 0.717) is 31.6 Å². The third-order valence-corrected chi connectivity index (χ3v) is 3.82. The fraction of sp³-hybridized carbons (Fsp3) is 0.538. The van der Waals surface area contributed by atoms with Gasteiger partial charge in [0.05, 0.1) is 12.9 Å². The van der Waals surface area contributed by atoms with Crippen LogP contribution in [0, 0.1) is 0 Å². The number of aromatic nitrogens is 4. The van der Waals surface area contributed by atoms with Crippen molar-refractivity contribution >= 4 is 22.9 Å². The van der Waals surface area contributed by atoms with Gasteiger partial charge in [-0.2, -0.15) is 0 Å². The molecule has 7 nitrogen and oxygen atoms in total. The van der Waals surface area contributed by atoms with Gasteiger partial charge in [-0.15, -0.1) is 0 Å². The Bertz CT molecular complexity index is 649. The van der Waals surface area contributed by atoms with Gasteiger partial charge < -0.3 is 15.2 Å². The minimum absolute atomic E-state index is 0.0689. The molecule has 2 aromatic rings. The molecule has 2 N–H and O–H groups in total. The number of aromatic amines is 1. The largest absolute Gasteiger partial charge is 0.354 e. The Balaban J connectivity index is 1.71. The molecule has 3 rings (SSSR count). The van der Waals surface area contributed by atoms with E-state index in [-0.39, 0.29) is 12.5 Å². The van der Waals surface area contributed by atoms with Crippen LogP contribution in [0.4, 0.5) is 10.2 Å². The highest BCUT2D eigenvalue weighted by Gasteiger charge is 2.35. The van der Waals surface area contributed by atoms with Crippen molar-refractivity contribution in [3.05, 3.63) is 12.7 Å². The number of fused-ring (bicyclic) bond motifs is 1. The van der Waals surface area contributed by atoms with Gasteiger partial charge in [0, 0.05) is 32.9 Å². The summed E-state index contributed by atoms with van der Waals surface area (Å²) in [6.45, 7) is 2.55. The van der Waals surface area contributed by atoms with Crippen LogP contribution in [0.5, 0.6) is 0 Å². The molecular weight excluding hydrogens is 275 g/mol. The molecule has 3 heterocycles. The number of halogens is 1. The third kappa shape index (κ3) is 2.79. The predicted octanol–water partition coefficient (Wildman–Crippen LogP) is 0.797. The van der Waals surface area contributed by atoms with E-state index in [1.807, 2.05) is 4.90 Å². The highest BCUT2D eigenvalue weighted by Crippen LogP contribution is 2.30. The van der Waals surface area contributed by atoms with Crippen molar-refractivity contribution in [1.82, 2.24) is 25.3 Å². The van der Waals surface area contributed by atoms with Gasteiger partial charge in [-0.3, -0.25) is 4.79 Å². The molecule has 1 saturated heterocycles. The number of piperidine rings is 1. The molecule has 21 heavy (non-hydrogen) atoms. The highest BCUT2D eigenvalue weighted by molar-refractivity contribution is 5.82. The standard InChI is InChI=1S/C13H17FN6O/c1-9(21)15-6-13(14)2-4-20(5-3-13)12-10-11(17-7-16-10)18-8-19-12/h7-8H,2-6H2,1H3,(H,15,21)(H,16,17,18,19). The van der Waals surface area contributed by atoms with Crippen LogP contribution >= 0.6 is 0 Å². The molecule has 0 aliphatic carbocycles. The number of hydrogen-bond donors (Lipinski definition) is 2. The van der Waals surface area contributed by atoms with Gasteiger partial charge in [0.1, 0.15) is 17.5 Å². The molecule has 112 valence electrons. The molecule has 1 aliphatic heterocycles. The number of rotatable bonds is 3. The van der Waals surface area contributed by atoms with Crippen molar-refractivity contribution in [3.8, 4) is 0 Å². The summed E-state index contributed by atoms with van der Waals surface area (Å²) in [5, 5.41) is 2.56. The molecule has 1 amide bonds. The number of imidazole rings is 1. The van der Waals surface area contributed by atoms with Crippen molar-refractivity contribution in [3.63, 3.8) is 0 Å². The first kappa shape index (κ1) is 13.7. The zero-order valence-electron chi connectivity index (χ0n) is 11.8. The van der Waals surface area contributed by atoms with Crippen molar-refractivity contribution in [2.45, 2.75) is 25.4 Å². The monoisotopic (exact) mass is 292 g/mol. The van der Waals surface area contributed by atoms with Crippen molar-refractivity contribution in [2.24, 2.45) is 0 Å². The Morgan fingerprint density at radius 3 is 2.90 bits per heavy atom. The van der Waals surface area contributed by atoms with Gasteiger partial charge in [0.15, 0.2) is 11.5 Å². The number of amides is 1. The van der Waals surface area contributed by atoms with Gasteiger partial charge in [0.2, 0.25) is 5.91 Å². The van der Waals surface area contributed by atoms with E-state index in [0.717, 1.165) is 11.3 Å². The predicted molar refractivity (Wildman–Crippen MR) is 75.7 cm³/mol. The average molecular weight is 292 g/mol. The number of H-pyrrole nitrogens is 1. The normalized spacial score (nSPS) is 17.9. The summed E-state index contributed by atoms with van der Waals surface area (Å²) < 4.78 is 14.6. The quantitative estimate of drug-likeness (QED) is 0.873. The molecule has 8 heteroatoms. The Morgan fingerprint density at radius 1 is 1.43 bits per heavy atom. The Morgan fingerprint density at radius 2 is 2.19 bits per heavy atom. The lowest BCUT2D eigenvalue weighted by Gasteiger charge is -2.37. The van der Waals surface area contributed by atoms with Crippen molar-refractivity contribution in [2.75, 3.05) is 24.5 Å². The summed E-state index contributed by atoms with van der Waals surface area (Å²) in [6.07, 6.45) is 3.75. The zero-order valence-corrected chi connectivity index (χ0v) is 11.8. The third-order valence-electron chi connectivity index (χ3n) is 3.82. The summed E-state index contributed by atoms with van der Waals surface area (Å²) in [6, 6.07) is 0. The first-order valence-corrected chi connectivity index (χ1v) is 6.90. The van der Waals surface area contributed by atoms with Crippen LogP contribution in [0.15, 0.2) is 12.7 Å². The molecule has 0 aromatic carbocycles. The lowest BCUT2D eigenvalue weighted by Crippen LogP contribution is -2.48. The van der Waals surface area contributed by atoms with Crippen LogP contribution in [0.3, 0.4) is 0 Å². The number of nitrogens with zero attached hydrogens (tertiary/aromatic N) is 4. The summed E-state index contributed by atoms with van der Waals surface area (Å²) >= 11 is 0. The molecule has 1 aliphatic rings. The van der Waals surface area contributed by atoms with E-state index in [9.17, 15) is 9.18 Å². The minimum atomic E-state index is -1.34. The van der Waals surface area contributed by atoms with Crippen LogP contribution in [-0.4, -0.2) is 51.1 Å². The molecule has 0 spiro atoms. The molecule has 0 atom stereocenters. The first-order chi connectivity index (χ1) is 10.1. The fourth-order valence-corrected chi connectivity index (χ4v) is 2.57. The lowest BCUT2D eigenvalue weighted by atomic mass is 9.93. The summed E-state index contributed by atoms with van der Waals surface area (Å²) in [5.74, 6) is 0.545. The minimum Gasteiger partial charge on any atom is -0.354 e. The van der Waals surface area contributed by atoms with E-state index in [1.165, 1.54) is 13.3 Å². The molecular formula is C13H17FN6O. The second kappa shape index (κ2) is 5.27. The van der Waals surface area contributed by atoms with Crippen LogP contribution in [-0.2, 0) is 4.79 Å². The number of anilines is 1. The molecule has 0 unspecified atom stereocenters. The van der Waals surface area contributed by atoms with E-state index in [2.05, 4.69) is 25.3 Å². The van der Waals surface area contributed by atoms with E-state index in [1.54, 1.807) is 6.33 Å². The van der Waals surface area contributed by atoms with E-state index < -0.39 is 5.67 Å². The fourth-order valence-electron chi connectivity index (χ4n) is 2.57. The Hall–Kier alpha value is -2.25. The molecule has 1 fully saturated rings. The summed E-state index contributed by atoms with van der Waals surface area (Å²) in [5.41, 5.74) is 0.0310. The van der Waals surface area contributed by atoms with Gasteiger partial charge >= 0.3 is 0 Å². The smallest absolute Gasteiger partial charge is 0.216 e. The topological polar surface area (TPSA) is 86.8 Å². The number of carbonyl (C=O) groups is 1. The van der Waals surface area contributed by atoms with Crippen molar-refractivity contribution < 1.29 is 9.18 Å². The molecule has 2 aromatic heterocycles. The number of carbonyl (C=O) groups excluding carboxylic acids is 1. The zero-order chi connectivity index (χ0) is 14.9. The van der Waals surface area contributed by atoms with Crippen LogP contribution in [0.1, 0.15) is 19.8 Å². The molecule has 0 radical (unpaired) electrons. The number of hydrogen-bond acceptors (Lipinski definition) is 5. The van der Waals surface area contributed by atoms with E-state index in [4.69, 9.17) is 0 Å². The van der Waals surface area contributed by atoms with Gasteiger partial charge in [-0.1, -0.05) is 0 Å². The lowest BCUT2D eigenvalue weighted by molar-refractivity contribution is -0.119. The number of nitrogens with one attached hydrogen (secondary N) is 2. The highest BCUT2D eigenvalue weighted by atomic mass is 19.1. The van der Waals surface area contributed by atoms with Crippen LogP contribution < -0.4 is 10.2 Å². The van der Waals surface area contributed by atoms with Gasteiger partial charge in [0.25, 0.3) is 0 Å². The van der Waals surface area contributed by atoms with Crippen LogP contribution in [0.2, 0.25) is 0 Å². The van der Waals surface area contributed by atoms with E-state index >= 15 is 0 Å². The first-order valence-electron chi connectivity index (χ1n) is 6.90. The Labute approximate surface area is 121 Å². The van der Waals surface area contributed by atoms with Crippen LogP contribution in [0.25, 0.3) is 11.2 Å². The van der Waals surface area contributed by atoms with Crippen molar-refractivity contribution in [1.29, 1.82) is 0 Å². The molecule has 0 bridgehead atoms.